The standard InChI is InChI=1S/C34H24N4OS2/c35-20-28-26-16-15-23-11-7-8-14-25(23)32(26)41-34(28)38-31(39)17-18-40-33-29(21-36)27(22-9-3-1-4-10-22)19-30(37-33)24-12-5-2-6-13-24/h1-14,19H,15-18H2,(H,38,39). The summed E-state index contributed by atoms with van der Waals surface area (Å²) in [6.45, 7) is 0. The highest BCUT2D eigenvalue weighted by Crippen LogP contribution is 2.45. The quantitative estimate of drug-likeness (QED) is 0.200. The van der Waals surface area contributed by atoms with Crippen molar-refractivity contribution in [2.75, 3.05) is 11.1 Å². The second-order valence-corrected chi connectivity index (χ2v) is 11.7. The molecule has 3 aromatic carbocycles. The van der Waals surface area contributed by atoms with Crippen LogP contribution in [0.5, 0.6) is 0 Å². The summed E-state index contributed by atoms with van der Waals surface area (Å²) in [6, 6.07) is 34.6. The van der Waals surface area contributed by atoms with Gasteiger partial charge in [-0.2, -0.15) is 10.5 Å². The summed E-state index contributed by atoms with van der Waals surface area (Å²) in [6.07, 6.45) is 1.90. The van der Waals surface area contributed by atoms with Gasteiger partial charge in [-0.3, -0.25) is 4.79 Å². The van der Waals surface area contributed by atoms with E-state index in [9.17, 15) is 15.3 Å². The van der Waals surface area contributed by atoms with Crippen molar-refractivity contribution in [1.82, 2.24) is 4.98 Å². The molecule has 2 heterocycles. The number of thiophene rings is 1. The number of nitrogens with zero attached hydrogens (tertiary/aromatic N) is 3. The van der Waals surface area contributed by atoms with Crippen LogP contribution < -0.4 is 5.32 Å². The number of nitrogens with one attached hydrogen (secondary N) is 1. The summed E-state index contributed by atoms with van der Waals surface area (Å²) in [5.74, 6) is 0.275. The molecule has 1 amide bonds. The fourth-order valence-electron chi connectivity index (χ4n) is 5.11. The molecule has 0 unspecified atom stereocenters. The molecule has 0 saturated carbocycles. The normalized spacial score (nSPS) is 11.6. The van der Waals surface area contributed by atoms with Crippen LogP contribution in [0.2, 0.25) is 0 Å². The number of aromatic nitrogens is 1. The number of carbonyl (C=O) groups is 1. The zero-order valence-electron chi connectivity index (χ0n) is 22.1. The summed E-state index contributed by atoms with van der Waals surface area (Å²) in [5.41, 5.74) is 8.00. The van der Waals surface area contributed by atoms with E-state index in [1.54, 1.807) is 0 Å². The van der Waals surface area contributed by atoms with Gasteiger partial charge in [0.15, 0.2) is 0 Å². The fraction of sp³-hybridized carbons (Fsp3) is 0.118. The second-order valence-electron chi connectivity index (χ2n) is 9.61. The van der Waals surface area contributed by atoms with Crippen LogP contribution in [0.4, 0.5) is 5.00 Å². The van der Waals surface area contributed by atoms with Crippen molar-refractivity contribution < 1.29 is 4.79 Å². The van der Waals surface area contributed by atoms with Crippen molar-refractivity contribution in [1.29, 1.82) is 10.5 Å². The number of anilines is 1. The zero-order valence-corrected chi connectivity index (χ0v) is 23.7. The zero-order chi connectivity index (χ0) is 28.2. The molecule has 2 aromatic heterocycles. The highest BCUT2D eigenvalue weighted by atomic mass is 32.2. The lowest BCUT2D eigenvalue weighted by molar-refractivity contribution is -0.115. The smallest absolute Gasteiger partial charge is 0.225 e. The van der Waals surface area contributed by atoms with E-state index >= 15 is 0 Å². The average Bonchev–Trinajstić information content (AvgIpc) is 3.38. The maximum atomic E-state index is 13.0. The molecule has 41 heavy (non-hydrogen) atoms. The molecular formula is C34H24N4OS2. The Bertz CT molecular complexity index is 1830. The molecule has 5 nitrogen and oxygen atoms in total. The third-order valence-electron chi connectivity index (χ3n) is 7.10. The number of benzene rings is 3. The minimum atomic E-state index is -0.165. The summed E-state index contributed by atoms with van der Waals surface area (Å²) in [7, 11) is 0. The molecule has 7 heteroatoms. The second kappa shape index (κ2) is 11.8. The Hall–Kier alpha value is -4.69. The molecule has 0 aliphatic heterocycles. The van der Waals surface area contributed by atoms with Gasteiger partial charge in [-0.25, -0.2) is 4.98 Å². The minimum Gasteiger partial charge on any atom is -0.317 e. The van der Waals surface area contributed by atoms with E-state index < -0.39 is 0 Å². The van der Waals surface area contributed by atoms with Gasteiger partial charge in [0, 0.05) is 28.2 Å². The molecule has 0 atom stereocenters. The first-order chi connectivity index (χ1) is 20.2. The van der Waals surface area contributed by atoms with E-state index in [1.165, 1.54) is 28.7 Å². The molecule has 1 aliphatic rings. The number of thioether (sulfide) groups is 1. The van der Waals surface area contributed by atoms with Gasteiger partial charge in [0.2, 0.25) is 5.91 Å². The van der Waals surface area contributed by atoms with E-state index in [1.807, 2.05) is 78.9 Å². The van der Waals surface area contributed by atoms with Gasteiger partial charge in [0.25, 0.3) is 0 Å². The average molecular weight is 569 g/mol. The third-order valence-corrected chi connectivity index (χ3v) is 9.26. The third kappa shape index (κ3) is 5.38. The van der Waals surface area contributed by atoms with Crippen molar-refractivity contribution in [2.45, 2.75) is 24.3 Å². The lowest BCUT2D eigenvalue weighted by Gasteiger charge is -2.15. The van der Waals surface area contributed by atoms with Crippen molar-refractivity contribution >= 4 is 34.0 Å². The lowest BCUT2D eigenvalue weighted by atomic mass is 9.90. The SMILES string of the molecule is N#Cc1c(-c2ccccc2)cc(-c2ccccc2)nc1SCCC(=O)Nc1sc2c(c1C#N)CCc1ccccc1-2. The van der Waals surface area contributed by atoms with E-state index in [2.05, 4.69) is 29.6 Å². The first-order valence-electron chi connectivity index (χ1n) is 13.3. The Kier molecular flexibility index (Phi) is 7.65. The molecule has 0 spiro atoms. The maximum Gasteiger partial charge on any atom is 0.225 e. The fourth-order valence-corrected chi connectivity index (χ4v) is 7.33. The van der Waals surface area contributed by atoms with Gasteiger partial charge in [0.1, 0.15) is 22.2 Å². The van der Waals surface area contributed by atoms with Crippen molar-refractivity contribution in [3.05, 3.63) is 113 Å². The molecule has 0 radical (unpaired) electrons. The van der Waals surface area contributed by atoms with Crippen LogP contribution in [0, 0.1) is 22.7 Å². The van der Waals surface area contributed by atoms with Crippen LogP contribution >= 0.6 is 23.1 Å². The Morgan fingerprint density at radius 1 is 0.854 bits per heavy atom. The number of nitriles is 2. The molecule has 1 aliphatic carbocycles. The van der Waals surface area contributed by atoms with Crippen LogP contribution in [0.3, 0.4) is 0 Å². The van der Waals surface area contributed by atoms with Crippen molar-refractivity contribution in [3.8, 4) is 45.0 Å². The summed E-state index contributed by atoms with van der Waals surface area (Å²) >= 11 is 2.88. The molecule has 0 fully saturated rings. The predicted octanol–water partition coefficient (Wildman–Crippen LogP) is 8.11. The number of rotatable bonds is 7. The van der Waals surface area contributed by atoms with Crippen LogP contribution in [0.15, 0.2) is 96.0 Å². The minimum absolute atomic E-state index is 0.165. The first kappa shape index (κ1) is 26.5. The van der Waals surface area contributed by atoms with E-state index in [-0.39, 0.29) is 12.3 Å². The van der Waals surface area contributed by atoms with Gasteiger partial charge in [-0.05, 0) is 41.2 Å². The highest BCUT2D eigenvalue weighted by Gasteiger charge is 2.25. The van der Waals surface area contributed by atoms with E-state index in [0.717, 1.165) is 51.2 Å². The number of hydrogen-bond donors (Lipinski definition) is 1. The number of aryl methyl sites for hydroxylation is 1. The number of fused-ring (bicyclic) bond motifs is 3. The van der Waals surface area contributed by atoms with Crippen molar-refractivity contribution in [3.63, 3.8) is 0 Å². The van der Waals surface area contributed by atoms with Crippen LogP contribution in [-0.4, -0.2) is 16.6 Å². The maximum absolute atomic E-state index is 13.0. The highest BCUT2D eigenvalue weighted by molar-refractivity contribution is 7.99. The van der Waals surface area contributed by atoms with E-state index in [0.29, 0.717) is 26.9 Å². The van der Waals surface area contributed by atoms with Crippen LogP contribution in [0.25, 0.3) is 32.8 Å². The van der Waals surface area contributed by atoms with E-state index in [4.69, 9.17) is 4.98 Å². The Morgan fingerprint density at radius 3 is 2.27 bits per heavy atom. The molecular weight excluding hydrogens is 545 g/mol. The number of carbonyl (C=O) groups excluding carboxylic acids is 1. The van der Waals surface area contributed by atoms with Gasteiger partial charge >= 0.3 is 0 Å². The summed E-state index contributed by atoms with van der Waals surface area (Å²) < 4.78 is 0. The van der Waals surface area contributed by atoms with Crippen LogP contribution in [0.1, 0.15) is 28.7 Å². The Labute approximate surface area is 247 Å². The van der Waals surface area contributed by atoms with Gasteiger partial charge in [-0.15, -0.1) is 23.1 Å². The van der Waals surface area contributed by atoms with Crippen molar-refractivity contribution in [2.24, 2.45) is 0 Å². The Morgan fingerprint density at radius 2 is 1.54 bits per heavy atom. The summed E-state index contributed by atoms with van der Waals surface area (Å²) in [4.78, 5) is 19.0. The number of pyridine rings is 1. The molecule has 5 aromatic rings. The first-order valence-corrected chi connectivity index (χ1v) is 15.1. The monoisotopic (exact) mass is 568 g/mol. The topological polar surface area (TPSA) is 89.6 Å². The molecule has 198 valence electrons. The molecule has 1 N–H and O–H groups in total. The number of amides is 1. The number of hydrogen-bond acceptors (Lipinski definition) is 6. The molecule has 0 bridgehead atoms. The van der Waals surface area contributed by atoms with Gasteiger partial charge in [0.05, 0.1) is 16.8 Å². The lowest BCUT2D eigenvalue weighted by Crippen LogP contribution is -2.12. The van der Waals surface area contributed by atoms with Gasteiger partial charge < -0.3 is 5.32 Å². The molecule has 6 rings (SSSR count). The largest absolute Gasteiger partial charge is 0.317 e. The Balaban J connectivity index is 1.23. The molecule has 0 saturated heterocycles. The van der Waals surface area contributed by atoms with Gasteiger partial charge in [-0.1, -0.05) is 84.9 Å². The van der Waals surface area contributed by atoms with Crippen LogP contribution in [-0.2, 0) is 17.6 Å². The predicted molar refractivity (Wildman–Crippen MR) is 166 cm³/mol. The summed E-state index contributed by atoms with van der Waals surface area (Å²) in [5, 5.41) is 24.2.